The van der Waals surface area contributed by atoms with Crippen LogP contribution in [0.15, 0.2) is 42.5 Å². The standard InChI is InChI=1S/C18H19FO/c1-18(20,16-8-4-5-9-17(16)19)15-11-10-13-6-2-3-7-14(13)12-15/h4-5,8-12,20H,2-3,6-7H2,1H3. The first-order chi connectivity index (χ1) is 9.59. The molecule has 0 saturated heterocycles. The molecule has 1 aliphatic carbocycles. The zero-order valence-corrected chi connectivity index (χ0v) is 11.7. The lowest BCUT2D eigenvalue weighted by atomic mass is 9.83. The highest BCUT2D eigenvalue weighted by Crippen LogP contribution is 2.33. The Balaban J connectivity index is 2.05. The third-order valence-electron chi connectivity index (χ3n) is 4.31. The molecule has 20 heavy (non-hydrogen) atoms. The van der Waals surface area contributed by atoms with Crippen LogP contribution in [0.2, 0.25) is 0 Å². The summed E-state index contributed by atoms with van der Waals surface area (Å²) in [6.45, 7) is 1.66. The second kappa shape index (κ2) is 5.02. The predicted molar refractivity (Wildman–Crippen MR) is 78.2 cm³/mol. The maximum absolute atomic E-state index is 13.9. The zero-order valence-electron chi connectivity index (χ0n) is 11.7. The van der Waals surface area contributed by atoms with Gasteiger partial charge in [0, 0.05) is 5.56 Å². The summed E-state index contributed by atoms with van der Waals surface area (Å²) in [4.78, 5) is 0. The molecular formula is C18H19FO. The molecule has 2 heteroatoms. The minimum absolute atomic E-state index is 0.329. The van der Waals surface area contributed by atoms with Gasteiger partial charge in [0.05, 0.1) is 0 Å². The van der Waals surface area contributed by atoms with Crippen molar-refractivity contribution in [2.24, 2.45) is 0 Å². The number of rotatable bonds is 2. The van der Waals surface area contributed by atoms with E-state index in [0.717, 1.165) is 18.4 Å². The van der Waals surface area contributed by atoms with Crippen LogP contribution >= 0.6 is 0 Å². The summed E-state index contributed by atoms with van der Waals surface area (Å²) in [5, 5.41) is 10.8. The molecule has 0 fully saturated rings. The van der Waals surface area contributed by atoms with Gasteiger partial charge in [0.1, 0.15) is 11.4 Å². The molecular weight excluding hydrogens is 251 g/mol. The van der Waals surface area contributed by atoms with E-state index in [9.17, 15) is 9.50 Å². The molecule has 2 aromatic carbocycles. The Bertz CT molecular complexity index is 631. The van der Waals surface area contributed by atoms with E-state index in [0.29, 0.717) is 5.56 Å². The molecule has 3 rings (SSSR count). The summed E-state index contributed by atoms with van der Waals surface area (Å²) >= 11 is 0. The quantitative estimate of drug-likeness (QED) is 0.875. The summed E-state index contributed by atoms with van der Waals surface area (Å²) in [5.41, 5.74) is 2.46. The van der Waals surface area contributed by atoms with E-state index < -0.39 is 5.60 Å². The first-order valence-electron chi connectivity index (χ1n) is 7.19. The molecule has 0 aliphatic heterocycles. The minimum atomic E-state index is -1.29. The zero-order chi connectivity index (χ0) is 14.2. The molecule has 104 valence electrons. The van der Waals surface area contributed by atoms with Crippen LogP contribution in [0, 0.1) is 5.82 Å². The van der Waals surface area contributed by atoms with Crippen LogP contribution in [0.5, 0.6) is 0 Å². The van der Waals surface area contributed by atoms with E-state index in [2.05, 4.69) is 6.07 Å². The minimum Gasteiger partial charge on any atom is -0.381 e. The van der Waals surface area contributed by atoms with Crippen molar-refractivity contribution in [2.75, 3.05) is 0 Å². The maximum Gasteiger partial charge on any atom is 0.129 e. The molecule has 0 radical (unpaired) electrons. The van der Waals surface area contributed by atoms with Crippen LogP contribution in [0.4, 0.5) is 4.39 Å². The van der Waals surface area contributed by atoms with E-state index in [1.165, 1.54) is 30.0 Å². The largest absolute Gasteiger partial charge is 0.381 e. The van der Waals surface area contributed by atoms with Gasteiger partial charge < -0.3 is 5.11 Å². The Labute approximate surface area is 119 Å². The second-order valence-corrected chi connectivity index (χ2v) is 5.74. The summed E-state index contributed by atoms with van der Waals surface area (Å²) in [6.07, 6.45) is 4.59. The van der Waals surface area contributed by atoms with Crippen LogP contribution < -0.4 is 0 Å². The van der Waals surface area contributed by atoms with Crippen LogP contribution in [-0.4, -0.2) is 5.11 Å². The first kappa shape index (κ1) is 13.3. The molecule has 0 aromatic heterocycles. The average molecular weight is 270 g/mol. The Morgan fingerprint density at radius 1 is 1.00 bits per heavy atom. The van der Waals surface area contributed by atoms with Crippen molar-refractivity contribution in [1.82, 2.24) is 0 Å². The van der Waals surface area contributed by atoms with Gasteiger partial charge in [0.15, 0.2) is 0 Å². The normalized spacial score (nSPS) is 17.4. The summed E-state index contributed by atoms with van der Waals surface area (Å²) in [6, 6.07) is 12.5. The Morgan fingerprint density at radius 2 is 1.70 bits per heavy atom. The number of halogens is 1. The Morgan fingerprint density at radius 3 is 2.45 bits per heavy atom. The Hall–Kier alpha value is -1.67. The number of fused-ring (bicyclic) bond motifs is 1. The number of hydrogen-bond donors (Lipinski definition) is 1. The molecule has 0 saturated carbocycles. The lowest BCUT2D eigenvalue weighted by molar-refractivity contribution is 0.0978. The maximum atomic E-state index is 13.9. The van der Waals surface area contributed by atoms with E-state index in [4.69, 9.17) is 0 Å². The number of benzene rings is 2. The smallest absolute Gasteiger partial charge is 0.129 e. The van der Waals surface area contributed by atoms with Gasteiger partial charge in [0.25, 0.3) is 0 Å². The van der Waals surface area contributed by atoms with E-state index in [1.807, 2.05) is 12.1 Å². The molecule has 1 N–H and O–H groups in total. The monoisotopic (exact) mass is 270 g/mol. The van der Waals surface area contributed by atoms with Gasteiger partial charge in [-0.1, -0.05) is 36.4 Å². The summed E-state index contributed by atoms with van der Waals surface area (Å²) in [5.74, 6) is -0.366. The van der Waals surface area contributed by atoms with E-state index in [-0.39, 0.29) is 5.82 Å². The fourth-order valence-electron chi connectivity index (χ4n) is 3.05. The molecule has 0 amide bonds. The third-order valence-corrected chi connectivity index (χ3v) is 4.31. The predicted octanol–water partition coefficient (Wildman–Crippen LogP) is 3.96. The molecule has 0 spiro atoms. The van der Waals surface area contributed by atoms with Crippen LogP contribution in [-0.2, 0) is 18.4 Å². The Kier molecular flexibility index (Phi) is 3.35. The van der Waals surface area contributed by atoms with Gasteiger partial charge in [-0.05, 0) is 55.4 Å². The van der Waals surface area contributed by atoms with Crippen LogP contribution in [0.3, 0.4) is 0 Å². The van der Waals surface area contributed by atoms with Crippen LogP contribution in [0.25, 0.3) is 0 Å². The van der Waals surface area contributed by atoms with Crippen molar-refractivity contribution in [2.45, 2.75) is 38.2 Å². The molecule has 2 aromatic rings. The SMILES string of the molecule is CC(O)(c1ccc2c(c1)CCCC2)c1ccccc1F. The number of hydrogen-bond acceptors (Lipinski definition) is 1. The highest BCUT2D eigenvalue weighted by Gasteiger charge is 2.29. The third kappa shape index (κ3) is 2.25. The van der Waals surface area contributed by atoms with Gasteiger partial charge in [-0.3, -0.25) is 0 Å². The number of aryl methyl sites for hydroxylation is 2. The fraction of sp³-hybridized carbons (Fsp3) is 0.333. The van der Waals surface area contributed by atoms with Gasteiger partial charge in [-0.2, -0.15) is 0 Å². The lowest BCUT2D eigenvalue weighted by Crippen LogP contribution is -2.24. The molecule has 1 aliphatic rings. The topological polar surface area (TPSA) is 20.2 Å². The van der Waals surface area contributed by atoms with Gasteiger partial charge in [0.2, 0.25) is 0 Å². The summed E-state index contributed by atoms with van der Waals surface area (Å²) < 4.78 is 13.9. The highest BCUT2D eigenvalue weighted by atomic mass is 19.1. The van der Waals surface area contributed by atoms with Crippen molar-refractivity contribution in [1.29, 1.82) is 0 Å². The molecule has 1 nitrogen and oxygen atoms in total. The molecule has 1 atom stereocenters. The molecule has 0 heterocycles. The van der Waals surface area contributed by atoms with E-state index in [1.54, 1.807) is 25.1 Å². The summed E-state index contributed by atoms with van der Waals surface area (Å²) in [7, 11) is 0. The first-order valence-corrected chi connectivity index (χ1v) is 7.19. The fourth-order valence-corrected chi connectivity index (χ4v) is 3.05. The van der Waals surface area contributed by atoms with Crippen molar-refractivity contribution in [3.8, 4) is 0 Å². The van der Waals surface area contributed by atoms with Gasteiger partial charge in [-0.15, -0.1) is 0 Å². The van der Waals surface area contributed by atoms with E-state index >= 15 is 0 Å². The molecule has 0 bridgehead atoms. The average Bonchev–Trinajstić information content (AvgIpc) is 2.47. The van der Waals surface area contributed by atoms with Crippen molar-refractivity contribution in [3.63, 3.8) is 0 Å². The number of aliphatic hydroxyl groups is 1. The van der Waals surface area contributed by atoms with Crippen molar-refractivity contribution < 1.29 is 9.50 Å². The van der Waals surface area contributed by atoms with Crippen molar-refractivity contribution >= 4 is 0 Å². The molecule has 1 unspecified atom stereocenters. The second-order valence-electron chi connectivity index (χ2n) is 5.74. The lowest BCUT2D eigenvalue weighted by Gasteiger charge is -2.27. The highest BCUT2D eigenvalue weighted by molar-refractivity contribution is 5.41. The van der Waals surface area contributed by atoms with Gasteiger partial charge in [-0.25, -0.2) is 4.39 Å². The van der Waals surface area contributed by atoms with Gasteiger partial charge >= 0.3 is 0 Å². The van der Waals surface area contributed by atoms with Crippen molar-refractivity contribution in [3.05, 3.63) is 70.5 Å². The van der Waals surface area contributed by atoms with Crippen LogP contribution in [0.1, 0.15) is 42.0 Å².